The van der Waals surface area contributed by atoms with Crippen LogP contribution < -0.4 is 10.5 Å². The first-order chi connectivity index (χ1) is 13.1. The van der Waals surface area contributed by atoms with Crippen LogP contribution in [0.1, 0.15) is 29.0 Å². The summed E-state index contributed by atoms with van der Waals surface area (Å²) < 4.78 is 6.54. The maximum atomic E-state index is 12.2. The van der Waals surface area contributed by atoms with Crippen molar-refractivity contribution in [1.82, 2.24) is 19.6 Å². The fourth-order valence-corrected chi connectivity index (χ4v) is 3.12. The molecule has 3 aromatic heterocycles. The highest BCUT2D eigenvalue weighted by Gasteiger charge is 2.16. The van der Waals surface area contributed by atoms with E-state index in [9.17, 15) is 9.59 Å². The minimum absolute atomic E-state index is 0.113. The SMILES string of the molecule is O=C(OCc1cc(=O)n2cc(Cl)ccc2n1)c1ccc(N2CCCC2)nn1. The summed E-state index contributed by atoms with van der Waals surface area (Å²) in [6, 6.07) is 7.92. The van der Waals surface area contributed by atoms with E-state index in [1.807, 2.05) is 0 Å². The van der Waals surface area contributed by atoms with Gasteiger partial charge in [-0.3, -0.25) is 9.20 Å². The molecule has 1 aliphatic heterocycles. The van der Waals surface area contributed by atoms with Crippen LogP contribution >= 0.6 is 11.6 Å². The summed E-state index contributed by atoms with van der Waals surface area (Å²) in [7, 11) is 0. The van der Waals surface area contributed by atoms with Crippen molar-refractivity contribution in [1.29, 1.82) is 0 Å². The Morgan fingerprint density at radius 2 is 1.96 bits per heavy atom. The van der Waals surface area contributed by atoms with Crippen molar-refractivity contribution < 1.29 is 9.53 Å². The van der Waals surface area contributed by atoms with Crippen LogP contribution in [0.4, 0.5) is 5.82 Å². The molecule has 0 aromatic carbocycles. The minimum Gasteiger partial charge on any atom is -0.454 e. The van der Waals surface area contributed by atoms with Crippen molar-refractivity contribution in [2.45, 2.75) is 19.4 Å². The molecule has 4 rings (SSSR count). The lowest BCUT2D eigenvalue weighted by Crippen LogP contribution is -2.20. The van der Waals surface area contributed by atoms with E-state index in [0.29, 0.717) is 16.4 Å². The van der Waals surface area contributed by atoms with Gasteiger partial charge in [0.25, 0.3) is 5.56 Å². The molecule has 8 nitrogen and oxygen atoms in total. The van der Waals surface area contributed by atoms with E-state index in [1.165, 1.54) is 16.7 Å². The molecule has 0 saturated carbocycles. The number of nitrogens with zero attached hydrogens (tertiary/aromatic N) is 5. The summed E-state index contributed by atoms with van der Waals surface area (Å²) in [5.41, 5.74) is 0.579. The molecule has 0 spiro atoms. The molecule has 0 atom stereocenters. The molecule has 3 aromatic rings. The van der Waals surface area contributed by atoms with E-state index in [-0.39, 0.29) is 17.9 Å². The summed E-state index contributed by atoms with van der Waals surface area (Å²) >= 11 is 5.88. The number of anilines is 1. The molecule has 0 radical (unpaired) electrons. The molecular formula is C18H16ClN5O3. The lowest BCUT2D eigenvalue weighted by molar-refractivity contribution is 0.0459. The van der Waals surface area contributed by atoms with Gasteiger partial charge in [0.15, 0.2) is 11.5 Å². The van der Waals surface area contributed by atoms with Crippen molar-refractivity contribution in [3.63, 3.8) is 0 Å². The Balaban J connectivity index is 1.45. The van der Waals surface area contributed by atoms with Crippen molar-refractivity contribution in [3.05, 3.63) is 63.3 Å². The second-order valence-electron chi connectivity index (χ2n) is 6.21. The standard InChI is InChI=1S/C18H16ClN5O3/c19-12-3-5-15-20-13(9-17(25)24(15)10-12)11-27-18(26)14-4-6-16(22-21-14)23-7-1-2-8-23/h3-6,9-10H,1-2,7-8,11H2. The van der Waals surface area contributed by atoms with Gasteiger partial charge in [0.05, 0.1) is 10.7 Å². The molecule has 0 amide bonds. The predicted molar refractivity (Wildman–Crippen MR) is 99.1 cm³/mol. The predicted octanol–water partition coefficient (Wildman–Crippen LogP) is 2.10. The van der Waals surface area contributed by atoms with Crippen molar-refractivity contribution in [3.8, 4) is 0 Å². The van der Waals surface area contributed by atoms with Crippen LogP contribution in [-0.4, -0.2) is 38.6 Å². The number of carbonyl (C=O) groups is 1. The molecule has 27 heavy (non-hydrogen) atoms. The number of pyridine rings is 1. The van der Waals surface area contributed by atoms with Crippen LogP contribution in [-0.2, 0) is 11.3 Å². The Kier molecular flexibility index (Phi) is 4.72. The number of rotatable bonds is 4. The summed E-state index contributed by atoms with van der Waals surface area (Å²) in [5, 5.41) is 8.47. The number of fused-ring (bicyclic) bond motifs is 1. The Bertz CT molecular complexity index is 1050. The summed E-state index contributed by atoms with van der Waals surface area (Å²) in [6.07, 6.45) is 3.76. The third-order valence-electron chi connectivity index (χ3n) is 4.32. The summed E-state index contributed by atoms with van der Waals surface area (Å²) in [6.45, 7) is 1.77. The monoisotopic (exact) mass is 385 g/mol. The first-order valence-electron chi connectivity index (χ1n) is 8.54. The highest BCUT2D eigenvalue weighted by atomic mass is 35.5. The normalized spacial score (nSPS) is 13.9. The second-order valence-corrected chi connectivity index (χ2v) is 6.64. The van der Waals surface area contributed by atoms with Crippen LogP contribution in [0.2, 0.25) is 5.02 Å². The number of ether oxygens (including phenoxy) is 1. The average molecular weight is 386 g/mol. The number of hydrogen-bond acceptors (Lipinski definition) is 7. The zero-order valence-electron chi connectivity index (χ0n) is 14.3. The highest BCUT2D eigenvalue weighted by Crippen LogP contribution is 2.17. The fraction of sp³-hybridized carbons (Fsp3) is 0.278. The van der Waals surface area contributed by atoms with E-state index in [1.54, 1.807) is 24.3 Å². The molecule has 9 heteroatoms. The zero-order valence-corrected chi connectivity index (χ0v) is 15.1. The Morgan fingerprint density at radius 1 is 1.15 bits per heavy atom. The summed E-state index contributed by atoms with van der Waals surface area (Å²) in [4.78, 5) is 30.7. The van der Waals surface area contributed by atoms with Crippen LogP contribution in [0, 0.1) is 0 Å². The van der Waals surface area contributed by atoms with Crippen molar-refractivity contribution >= 4 is 29.0 Å². The van der Waals surface area contributed by atoms with Crippen molar-refractivity contribution in [2.75, 3.05) is 18.0 Å². The zero-order chi connectivity index (χ0) is 18.8. The van der Waals surface area contributed by atoms with Gasteiger partial charge in [-0.25, -0.2) is 9.78 Å². The summed E-state index contributed by atoms with van der Waals surface area (Å²) in [5.74, 6) is 0.139. The quantitative estimate of drug-likeness (QED) is 0.635. The first-order valence-corrected chi connectivity index (χ1v) is 8.91. The number of carbonyl (C=O) groups excluding carboxylic acids is 1. The molecule has 1 fully saturated rings. The smallest absolute Gasteiger partial charge is 0.359 e. The number of esters is 1. The lowest BCUT2D eigenvalue weighted by atomic mass is 10.3. The van der Waals surface area contributed by atoms with E-state index in [0.717, 1.165) is 31.7 Å². The van der Waals surface area contributed by atoms with Gasteiger partial charge >= 0.3 is 5.97 Å². The molecule has 1 saturated heterocycles. The third-order valence-corrected chi connectivity index (χ3v) is 4.54. The van der Waals surface area contributed by atoms with Crippen LogP contribution in [0.5, 0.6) is 0 Å². The minimum atomic E-state index is -0.617. The number of hydrogen-bond donors (Lipinski definition) is 0. The van der Waals surface area contributed by atoms with E-state index in [2.05, 4.69) is 20.1 Å². The largest absolute Gasteiger partial charge is 0.454 e. The van der Waals surface area contributed by atoms with Crippen molar-refractivity contribution in [2.24, 2.45) is 0 Å². The Morgan fingerprint density at radius 3 is 2.70 bits per heavy atom. The third kappa shape index (κ3) is 3.75. The van der Waals surface area contributed by atoms with E-state index in [4.69, 9.17) is 16.3 Å². The topological polar surface area (TPSA) is 89.7 Å². The van der Waals surface area contributed by atoms with Gasteiger partial charge < -0.3 is 9.64 Å². The molecule has 0 N–H and O–H groups in total. The molecule has 0 bridgehead atoms. The molecule has 4 heterocycles. The van der Waals surface area contributed by atoms with Gasteiger partial charge in [-0.05, 0) is 37.1 Å². The van der Waals surface area contributed by atoms with Gasteiger partial charge in [0.1, 0.15) is 12.3 Å². The second kappa shape index (κ2) is 7.32. The molecule has 1 aliphatic rings. The Labute approximate surface area is 159 Å². The van der Waals surface area contributed by atoms with E-state index >= 15 is 0 Å². The number of halogens is 1. The fourth-order valence-electron chi connectivity index (χ4n) is 2.96. The Hall–Kier alpha value is -3.00. The molecular weight excluding hydrogens is 370 g/mol. The van der Waals surface area contributed by atoms with Gasteiger partial charge in [-0.1, -0.05) is 11.6 Å². The van der Waals surface area contributed by atoms with Gasteiger partial charge in [-0.2, -0.15) is 0 Å². The van der Waals surface area contributed by atoms with Crippen LogP contribution in [0.3, 0.4) is 0 Å². The van der Waals surface area contributed by atoms with Gasteiger partial charge in [-0.15, -0.1) is 10.2 Å². The molecule has 0 aliphatic carbocycles. The van der Waals surface area contributed by atoms with Gasteiger partial charge in [0, 0.05) is 25.4 Å². The van der Waals surface area contributed by atoms with Gasteiger partial charge in [0.2, 0.25) is 0 Å². The first kappa shape index (κ1) is 17.4. The van der Waals surface area contributed by atoms with Crippen LogP contribution in [0.25, 0.3) is 5.65 Å². The van der Waals surface area contributed by atoms with Crippen LogP contribution in [0.15, 0.2) is 41.3 Å². The highest BCUT2D eigenvalue weighted by molar-refractivity contribution is 6.30. The van der Waals surface area contributed by atoms with E-state index < -0.39 is 5.97 Å². The lowest BCUT2D eigenvalue weighted by Gasteiger charge is -2.15. The maximum absolute atomic E-state index is 12.2. The molecule has 0 unspecified atom stereocenters. The maximum Gasteiger partial charge on any atom is 0.359 e. The number of aromatic nitrogens is 4. The average Bonchev–Trinajstić information content (AvgIpc) is 3.22. The molecule has 138 valence electrons.